The van der Waals surface area contributed by atoms with Crippen molar-refractivity contribution in [3.63, 3.8) is 0 Å². The Bertz CT molecular complexity index is 698. The Balaban J connectivity index is 1.80. The van der Waals surface area contributed by atoms with Crippen LogP contribution in [0.4, 0.5) is 5.13 Å². The summed E-state index contributed by atoms with van der Waals surface area (Å²) in [7, 11) is 3.23. The van der Waals surface area contributed by atoms with Gasteiger partial charge in [0.25, 0.3) is 0 Å². The second-order valence-corrected chi connectivity index (χ2v) is 6.27. The molecule has 22 heavy (non-hydrogen) atoms. The molecule has 116 valence electrons. The van der Waals surface area contributed by atoms with Crippen LogP contribution in [0, 0.1) is 11.8 Å². The van der Waals surface area contributed by atoms with Crippen LogP contribution < -0.4 is 14.8 Å². The van der Waals surface area contributed by atoms with Crippen molar-refractivity contribution in [1.29, 1.82) is 0 Å². The number of nitrogens with one attached hydrogen (secondary N) is 1. The second kappa shape index (κ2) is 5.96. The van der Waals surface area contributed by atoms with Gasteiger partial charge in [-0.2, -0.15) is 0 Å². The fourth-order valence-corrected chi connectivity index (χ4v) is 3.06. The summed E-state index contributed by atoms with van der Waals surface area (Å²) in [5.41, 5.74) is 1.66. The highest BCUT2D eigenvalue weighted by atomic mass is 32.1. The summed E-state index contributed by atoms with van der Waals surface area (Å²) in [5.74, 6) is 2.12. The van der Waals surface area contributed by atoms with Crippen molar-refractivity contribution in [2.45, 2.75) is 13.3 Å². The predicted octanol–water partition coefficient (Wildman–Crippen LogP) is 3.42. The van der Waals surface area contributed by atoms with Crippen LogP contribution >= 0.6 is 11.3 Å². The number of benzene rings is 1. The summed E-state index contributed by atoms with van der Waals surface area (Å²) in [4.78, 5) is 16.4. The van der Waals surface area contributed by atoms with E-state index in [1.165, 1.54) is 11.3 Å². The second-order valence-electron chi connectivity index (χ2n) is 5.41. The Morgan fingerprint density at radius 1 is 1.36 bits per heavy atom. The van der Waals surface area contributed by atoms with Crippen LogP contribution in [0.2, 0.25) is 0 Å². The molecule has 0 saturated heterocycles. The summed E-state index contributed by atoms with van der Waals surface area (Å²) >= 11 is 1.42. The third kappa shape index (κ3) is 2.92. The molecular weight excluding hydrogens is 300 g/mol. The maximum Gasteiger partial charge on any atom is 0.229 e. The first-order chi connectivity index (χ1) is 10.6. The van der Waals surface area contributed by atoms with Gasteiger partial charge in [-0.1, -0.05) is 6.92 Å². The van der Waals surface area contributed by atoms with E-state index in [0.29, 0.717) is 16.8 Å². The van der Waals surface area contributed by atoms with E-state index in [1.54, 1.807) is 14.2 Å². The van der Waals surface area contributed by atoms with Crippen molar-refractivity contribution < 1.29 is 14.3 Å². The van der Waals surface area contributed by atoms with E-state index in [1.807, 2.05) is 23.6 Å². The Morgan fingerprint density at radius 2 is 2.14 bits per heavy atom. The number of anilines is 1. The molecule has 0 spiro atoms. The van der Waals surface area contributed by atoms with Crippen molar-refractivity contribution >= 4 is 22.4 Å². The van der Waals surface area contributed by atoms with Gasteiger partial charge in [-0.3, -0.25) is 4.79 Å². The Labute approximate surface area is 133 Å². The summed E-state index contributed by atoms with van der Waals surface area (Å²) in [6.45, 7) is 2.08. The van der Waals surface area contributed by atoms with Crippen LogP contribution in [0.5, 0.6) is 11.5 Å². The first-order valence-electron chi connectivity index (χ1n) is 7.11. The summed E-state index contributed by atoms with van der Waals surface area (Å²) < 4.78 is 10.6. The van der Waals surface area contributed by atoms with Crippen LogP contribution in [-0.2, 0) is 4.79 Å². The van der Waals surface area contributed by atoms with Crippen LogP contribution in [0.15, 0.2) is 23.6 Å². The number of ether oxygens (including phenoxy) is 2. The number of hydrogen-bond donors (Lipinski definition) is 1. The molecule has 1 aromatic heterocycles. The zero-order chi connectivity index (χ0) is 15.7. The molecule has 1 aliphatic rings. The summed E-state index contributed by atoms with van der Waals surface area (Å²) in [6.07, 6.45) is 0.969. The zero-order valence-corrected chi connectivity index (χ0v) is 13.6. The normalized spacial score (nSPS) is 19.6. The average molecular weight is 318 g/mol. The fraction of sp³-hybridized carbons (Fsp3) is 0.375. The van der Waals surface area contributed by atoms with E-state index in [4.69, 9.17) is 9.47 Å². The molecule has 1 heterocycles. The molecular formula is C16H18N2O3S. The minimum absolute atomic E-state index is 0.0649. The number of nitrogens with zero attached hydrogens (tertiary/aromatic N) is 1. The third-order valence-electron chi connectivity index (χ3n) is 3.87. The summed E-state index contributed by atoms with van der Waals surface area (Å²) in [6, 6.07) is 5.58. The fourth-order valence-electron chi connectivity index (χ4n) is 2.35. The molecule has 0 unspecified atom stereocenters. The number of hydrogen-bond acceptors (Lipinski definition) is 5. The lowest BCUT2D eigenvalue weighted by Gasteiger charge is -2.08. The first kappa shape index (κ1) is 14.8. The quantitative estimate of drug-likeness (QED) is 0.917. The maximum atomic E-state index is 12.0. The number of methoxy groups -OCH3 is 2. The SMILES string of the molecule is COc1ccc(-c2csc(NC(=O)[C@H]3C[C@H]3C)n2)c(OC)c1. The molecule has 1 saturated carbocycles. The molecule has 1 aromatic carbocycles. The van der Waals surface area contributed by atoms with Gasteiger partial charge >= 0.3 is 0 Å². The molecule has 0 bridgehead atoms. The van der Waals surface area contributed by atoms with Crippen molar-refractivity contribution in [2.75, 3.05) is 19.5 Å². The van der Waals surface area contributed by atoms with E-state index >= 15 is 0 Å². The monoisotopic (exact) mass is 318 g/mol. The van der Waals surface area contributed by atoms with E-state index in [2.05, 4.69) is 17.2 Å². The van der Waals surface area contributed by atoms with Gasteiger partial charge in [0.1, 0.15) is 11.5 Å². The van der Waals surface area contributed by atoms with Crippen molar-refractivity contribution in [3.05, 3.63) is 23.6 Å². The van der Waals surface area contributed by atoms with Gasteiger partial charge in [0.2, 0.25) is 5.91 Å². The minimum Gasteiger partial charge on any atom is -0.497 e. The molecule has 5 nitrogen and oxygen atoms in total. The number of thiazole rings is 1. The lowest BCUT2D eigenvalue weighted by Crippen LogP contribution is -2.14. The van der Waals surface area contributed by atoms with Crippen LogP contribution in [0.3, 0.4) is 0 Å². The predicted molar refractivity (Wildman–Crippen MR) is 86.6 cm³/mol. The molecule has 1 N–H and O–H groups in total. The van der Waals surface area contributed by atoms with Crippen LogP contribution in [0.25, 0.3) is 11.3 Å². The minimum atomic E-state index is 0.0649. The first-order valence-corrected chi connectivity index (χ1v) is 7.99. The highest BCUT2D eigenvalue weighted by Crippen LogP contribution is 2.39. The topological polar surface area (TPSA) is 60.5 Å². The molecule has 1 aliphatic carbocycles. The Kier molecular flexibility index (Phi) is 4.02. The van der Waals surface area contributed by atoms with E-state index in [9.17, 15) is 4.79 Å². The van der Waals surface area contributed by atoms with Gasteiger partial charge < -0.3 is 14.8 Å². The molecule has 3 rings (SSSR count). The molecule has 2 aromatic rings. The molecule has 6 heteroatoms. The number of aromatic nitrogens is 1. The molecule has 1 amide bonds. The largest absolute Gasteiger partial charge is 0.497 e. The Hall–Kier alpha value is -2.08. The van der Waals surface area contributed by atoms with Crippen LogP contribution in [-0.4, -0.2) is 25.1 Å². The van der Waals surface area contributed by atoms with Gasteiger partial charge in [-0.15, -0.1) is 11.3 Å². The van der Waals surface area contributed by atoms with Gasteiger partial charge in [-0.25, -0.2) is 4.98 Å². The van der Waals surface area contributed by atoms with Gasteiger partial charge in [0.05, 0.1) is 19.9 Å². The standard InChI is InChI=1S/C16H18N2O3S/c1-9-6-12(9)15(19)18-16-17-13(8-22-16)11-5-4-10(20-2)7-14(11)21-3/h4-5,7-9,12H,6H2,1-3H3,(H,17,18,19)/t9-,12+/m1/s1. The molecule has 1 fully saturated rings. The smallest absolute Gasteiger partial charge is 0.229 e. The third-order valence-corrected chi connectivity index (χ3v) is 4.62. The number of amides is 1. The molecule has 0 aliphatic heterocycles. The lowest BCUT2D eigenvalue weighted by molar-refractivity contribution is -0.117. The molecule has 2 atom stereocenters. The average Bonchev–Trinajstić information content (AvgIpc) is 3.09. The number of rotatable bonds is 5. The van der Waals surface area contributed by atoms with E-state index < -0.39 is 0 Å². The van der Waals surface area contributed by atoms with Gasteiger partial charge in [0.15, 0.2) is 5.13 Å². The molecule has 0 radical (unpaired) electrons. The van der Waals surface area contributed by atoms with Crippen molar-refractivity contribution in [1.82, 2.24) is 4.98 Å². The number of carbonyl (C=O) groups is 1. The lowest BCUT2D eigenvalue weighted by atomic mass is 10.1. The van der Waals surface area contributed by atoms with Gasteiger partial charge in [0, 0.05) is 22.9 Å². The highest BCUT2D eigenvalue weighted by Gasteiger charge is 2.39. The van der Waals surface area contributed by atoms with Gasteiger partial charge in [-0.05, 0) is 24.5 Å². The van der Waals surface area contributed by atoms with E-state index in [-0.39, 0.29) is 11.8 Å². The van der Waals surface area contributed by atoms with Crippen molar-refractivity contribution in [3.8, 4) is 22.8 Å². The number of carbonyl (C=O) groups excluding carboxylic acids is 1. The maximum absolute atomic E-state index is 12.0. The highest BCUT2D eigenvalue weighted by molar-refractivity contribution is 7.14. The van der Waals surface area contributed by atoms with Crippen molar-refractivity contribution in [2.24, 2.45) is 11.8 Å². The summed E-state index contributed by atoms with van der Waals surface area (Å²) in [5, 5.41) is 5.42. The Morgan fingerprint density at radius 3 is 2.77 bits per heavy atom. The van der Waals surface area contributed by atoms with E-state index in [0.717, 1.165) is 23.4 Å². The van der Waals surface area contributed by atoms with Crippen LogP contribution in [0.1, 0.15) is 13.3 Å². The zero-order valence-electron chi connectivity index (χ0n) is 12.8.